The predicted molar refractivity (Wildman–Crippen MR) is 64.0 cm³/mol. The molecule has 5 heteroatoms. The van der Waals surface area contributed by atoms with E-state index in [2.05, 4.69) is 14.9 Å². The Morgan fingerprint density at radius 2 is 2.29 bits per heavy atom. The Kier molecular flexibility index (Phi) is 2.43. The maximum atomic E-state index is 11.4. The minimum absolute atomic E-state index is 0.106. The first kappa shape index (κ1) is 10.8. The van der Waals surface area contributed by atoms with Crippen molar-refractivity contribution in [2.24, 2.45) is 11.8 Å². The molecule has 0 bridgehead atoms. The van der Waals surface area contributed by atoms with Gasteiger partial charge in [0.2, 0.25) is 0 Å². The second-order valence-electron chi connectivity index (χ2n) is 5.16. The number of hydrogen-bond acceptors (Lipinski definition) is 4. The number of aryl methyl sites for hydroxylation is 1. The van der Waals surface area contributed by atoms with E-state index in [9.17, 15) is 9.90 Å². The molecule has 0 aromatic carbocycles. The highest BCUT2D eigenvalue weighted by atomic mass is 16.3. The third-order valence-corrected chi connectivity index (χ3v) is 3.99. The van der Waals surface area contributed by atoms with Crippen LogP contribution in [0.4, 0.5) is 5.82 Å². The van der Waals surface area contributed by atoms with Gasteiger partial charge in [0.1, 0.15) is 11.6 Å². The molecule has 3 rings (SSSR count). The van der Waals surface area contributed by atoms with E-state index in [1.165, 1.54) is 0 Å². The Morgan fingerprint density at radius 3 is 3.00 bits per heavy atom. The van der Waals surface area contributed by atoms with Gasteiger partial charge in [0.15, 0.2) is 0 Å². The van der Waals surface area contributed by atoms with Crippen LogP contribution in [-0.4, -0.2) is 34.3 Å². The number of aromatic nitrogens is 2. The van der Waals surface area contributed by atoms with Crippen LogP contribution in [0.15, 0.2) is 10.9 Å². The van der Waals surface area contributed by atoms with Gasteiger partial charge in [-0.1, -0.05) is 0 Å². The number of aliphatic hydroxyl groups is 1. The van der Waals surface area contributed by atoms with Crippen molar-refractivity contribution in [2.45, 2.75) is 25.9 Å². The molecular formula is C12H17N3O2. The molecule has 0 spiro atoms. The van der Waals surface area contributed by atoms with Crippen molar-refractivity contribution in [3.8, 4) is 0 Å². The molecule has 2 heterocycles. The van der Waals surface area contributed by atoms with Crippen LogP contribution in [0.3, 0.4) is 0 Å². The number of nitrogens with zero attached hydrogens (tertiary/aromatic N) is 2. The molecule has 1 aliphatic carbocycles. The van der Waals surface area contributed by atoms with Gasteiger partial charge in [-0.05, 0) is 25.7 Å². The third kappa shape index (κ3) is 1.84. The van der Waals surface area contributed by atoms with E-state index in [-0.39, 0.29) is 11.7 Å². The summed E-state index contributed by atoms with van der Waals surface area (Å²) in [6.45, 7) is 3.52. The number of aliphatic hydroxyl groups excluding tert-OH is 1. The molecule has 0 radical (unpaired) electrons. The van der Waals surface area contributed by atoms with E-state index in [1.54, 1.807) is 13.0 Å². The van der Waals surface area contributed by atoms with Gasteiger partial charge >= 0.3 is 0 Å². The largest absolute Gasteiger partial charge is 0.393 e. The summed E-state index contributed by atoms with van der Waals surface area (Å²) in [6.07, 6.45) is 1.84. The first-order valence-corrected chi connectivity index (χ1v) is 6.14. The third-order valence-electron chi connectivity index (χ3n) is 3.99. The van der Waals surface area contributed by atoms with Gasteiger partial charge in [0.05, 0.1) is 6.10 Å². The van der Waals surface area contributed by atoms with Crippen molar-refractivity contribution in [3.63, 3.8) is 0 Å². The molecule has 2 aliphatic rings. The van der Waals surface area contributed by atoms with Gasteiger partial charge in [-0.25, -0.2) is 4.98 Å². The van der Waals surface area contributed by atoms with Crippen LogP contribution < -0.4 is 10.5 Å². The quantitative estimate of drug-likeness (QED) is 0.734. The van der Waals surface area contributed by atoms with Gasteiger partial charge in [-0.2, -0.15) is 0 Å². The predicted octanol–water partition coefficient (Wildman–Crippen LogP) is 0.285. The van der Waals surface area contributed by atoms with Crippen LogP contribution in [-0.2, 0) is 0 Å². The number of hydrogen-bond donors (Lipinski definition) is 2. The lowest BCUT2D eigenvalue weighted by Gasteiger charge is -2.19. The fourth-order valence-corrected chi connectivity index (χ4v) is 3.15. The summed E-state index contributed by atoms with van der Waals surface area (Å²) in [4.78, 5) is 20.5. The van der Waals surface area contributed by atoms with Crippen LogP contribution in [0.1, 0.15) is 18.7 Å². The zero-order valence-electron chi connectivity index (χ0n) is 9.89. The Labute approximate surface area is 99.5 Å². The summed E-state index contributed by atoms with van der Waals surface area (Å²) in [6, 6.07) is 1.54. The smallest absolute Gasteiger partial charge is 0.252 e. The highest BCUT2D eigenvalue weighted by Gasteiger charge is 2.42. The highest BCUT2D eigenvalue weighted by Crippen LogP contribution is 2.39. The molecule has 5 nitrogen and oxygen atoms in total. The summed E-state index contributed by atoms with van der Waals surface area (Å²) in [5, 5.41) is 9.86. The van der Waals surface area contributed by atoms with E-state index in [4.69, 9.17) is 0 Å². The Morgan fingerprint density at radius 1 is 1.47 bits per heavy atom. The first-order valence-electron chi connectivity index (χ1n) is 6.14. The lowest BCUT2D eigenvalue weighted by atomic mass is 10.00. The molecule has 1 saturated heterocycles. The van der Waals surface area contributed by atoms with Crippen molar-refractivity contribution < 1.29 is 5.11 Å². The summed E-state index contributed by atoms with van der Waals surface area (Å²) >= 11 is 0. The van der Waals surface area contributed by atoms with Crippen LogP contribution >= 0.6 is 0 Å². The van der Waals surface area contributed by atoms with Crippen molar-refractivity contribution >= 4 is 5.82 Å². The molecule has 2 fully saturated rings. The maximum absolute atomic E-state index is 11.4. The van der Waals surface area contributed by atoms with Gasteiger partial charge in [-0.15, -0.1) is 0 Å². The van der Waals surface area contributed by atoms with Gasteiger partial charge in [-0.3, -0.25) is 4.79 Å². The topological polar surface area (TPSA) is 69.2 Å². The molecule has 1 aromatic heterocycles. The van der Waals surface area contributed by atoms with E-state index in [0.29, 0.717) is 17.7 Å². The fourth-order valence-electron chi connectivity index (χ4n) is 3.15. The van der Waals surface area contributed by atoms with Crippen LogP contribution in [0.25, 0.3) is 0 Å². The Hall–Kier alpha value is -1.36. The van der Waals surface area contributed by atoms with Crippen molar-refractivity contribution in [2.75, 3.05) is 18.0 Å². The molecular weight excluding hydrogens is 218 g/mol. The van der Waals surface area contributed by atoms with Gasteiger partial charge < -0.3 is 15.0 Å². The normalized spacial score (nSPS) is 31.9. The van der Waals surface area contributed by atoms with Crippen molar-refractivity contribution in [1.82, 2.24) is 9.97 Å². The Balaban J connectivity index is 1.85. The first-order chi connectivity index (χ1) is 8.13. The van der Waals surface area contributed by atoms with Crippen molar-refractivity contribution in [1.29, 1.82) is 0 Å². The number of rotatable bonds is 1. The molecule has 3 unspecified atom stereocenters. The molecule has 92 valence electrons. The summed E-state index contributed by atoms with van der Waals surface area (Å²) in [5.74, 6) is 2.31. The van der Waals surface area contributed by atoms with Crippen LogP contribution in [0.5, 0.6) is 0 Å². The number of anilines is 1. The SMILES string of the molecule is Cc1nc(N2CC3CCC(O)C3C2)cc(=O)[nH]1. The monoisotopic (exact) mass is 235 g/mol. The second-order valence-corrected chi connectivity index (χ2v) is 5.16. The zero-order valence-corrected chi connectivity index (χ0v) is 9.89. The van der Waals surface area contributed by atoms with E-state index in [1.807, 2.05) is 0 Å². The van der Waals surface area contributed by atoms with E-state index in [0.717, 1.165) is 31.7 Å². The summed E-state index contributed by atoms with van der Waals surface area (Å²) in [7, 11) is 0. The van der Waals surface area contributed by atoms with Crippen LogP contribution in [0, 0.1) is 18.8 Å². The molecule has 1 aromatic rings. The standard InChI is InChI=1S/C12H17N3O2/c1-7-13-11(4-12(17)14-7)15-5-8-2-3-10(16)9(8)6-15/h4,8-10,16H,2-3,5-6H2,1H3,(H,13,14,17). The molecule has 2 N–H and O–H groups in total. The van der Waals surface area contributed by atoms with Crippen LogP contribution in [0.2, 0.25) is 0 Å². The number of aromatic amines is 1. The number of nitrogens with one attached hydrogen (secondary N) is 1. The van der Waals surface area contributed by atoms with Gasteiger partial charge in [0, 0.05) is 25.1 Å². The summed E-state index contributed by atoms with van der Waals surface area (Å²) in [5.41, 5.74) is -0.106. The summed E-state index contributed by atoms with van der Waals surface area (Å²) < 4.78 is 0. The fraction of sp³-hybridized carbons (Fsp3) is 0.667. The zero-order chi connectivity index (χ0) is 12.0. The molecule has 17 heavy (non-hydrogen) atoms. The molecule has 1 saturated carbocycles. The lowest BCUT2D eigenvalue weighted by molar-refractivity contribution is 0.133. The lowest BCUT2D eigenvalue weighted by Crippen LogP contribution is -2.26. The highest BCUT2D eigenvalue weighted by molar-refractivity contribution is 5.39. The number of fused-ring (bicyclic) bond motifs is 1. The second kappa shape index (κ2) is 3.84. The van der Waals surface area contributed by atoms with Crippen molar-refractivity contribution in [3.05, 3.63) is 22.2 Å². The molecule has 3 atom stereocenters. The minimum Gasteiger partial charge on any atom is -0.393 e. The Bertz CT molecular complexity index is 485. The average molecular weight is 235 g/mol. The molecule has 1 aliphatic heterocycles. The minimum atomic E-state index is -0.173. The number of H-pyrrole nitrogens is 1. The maximum Gasteiger partial charge on any atom is 0.252 e. The molecule has 0 amide bonds. The van der Waals surface area contributed by atoms with E-state index >= 15 is 0 Å². The van der Waals surface area contributed by atoms with Gasteiger partial charge in [0.25, 0.3) is 5.56 Å². The van der Waals surface area contributed by atoms with E-state index < -0.39 is 0 Å². The average Bonchev–Trinajstić information content (AvgIpc) is 2.80.